The number of carbonyl (C=O) groups is 3. The molecule has 1 aliphatic carbocycles. The van der Waals surface area contributed by atoms with Crippen molar-refractivity contribution in [3.8, 4) is 11.1 Å². The molecule has 0 fully saturated rings. The van der Waals surface area contributed by atoms with Crippen LogP contribution >= 0.6 is 0 Å². The molecule has 9 heteroatoms. The van der Waals surface area contributed by atoms with Crippen LogP contribution in [0.3, 0.4) is 0 Å². The molecule has 0 saturated heterocycles. The molecule has 34 heavy (non-hydrogen) atoms. The topological polar surface area (TPSA) is 114 Å². The van der Waals surface area contributed by atoms with Gasteiger partial charge in [0.15, 0.2) is 0 Å². The maximum absolute atomic E-state index is 12.1. The van der Waals surface area contributed by atoms with Gasteiger partial charge >= 0.3 is 12.1 Å². The number of carboxylic acid groups (broad SMARTS) is 1. The second kappa shape index (κ2) is 12.7. The molecule has 0 heterocycles. The van der Waals surface area contributed by atoms with Crippen LogP contribution in [0.5, 0.6) is 0 Å². The molecule has 0 aromatic heterocycles. The molecule has 0 radical (unpaired) electrons. The van der Waals surface area contributed by atoms with Gasteiger partial charge in [0.1, 0.15) is 13.2 Å². The van der Waals surface area contributed by atoms with E-state index in [1.54, 1.807) is 0 Å². The van der Waals surface area contributed by atoms with Gasteiger partial charge in [0.25, 0.3) is 0 Å². The summed E-state index contributed by atoms with van der Waals surface area (Å²) >= 11 is 0. The number of carboxylic acids is 1. The smallest absolute Gasteiger partial charge is 0.407 e. The minimum atomic E-state index is -1.06. The third-order valence-corrected chi connectivity index (χ3v) is 5.49. The summed E-state index contributed by atoms with van der Waals surface area (Å²) in [5.74, 6) is -1.34. The van der Waals surface area contributed by atoms with Gasteiger partial charge in [0, 0.05) is 19.5 Å². The van der Waals surface area contributed by atoms with Crippen molar-refractivity contribution in [2.24, 2.45) is 0 Å². The molecule has 0 bridgehead atoms. The van der Waals surface area contributed by atoms with E-state index in [9.17, 15) is 14.4 Å². The lowest BCUT2D eigenvalue weighted by atomic mass is 9.98. The quantitative estimate of drug-likeness (QED) is 0.432. The molecule has 1 aliphatic rings. The zero-order valence-electron chi connectivity index (χ0n) is 19.2. The minimum absolute atomic E-state index is 0.0161. The Bertz CT molecular complexity index is 949. The number of carbonyl (C=O) groups excluding carboxylic acids is 2. The Morgan fingerprint density at radius 1 is 0.912 bits per heavy atom. The molecule has 2 aromatic carbocycles. The highest BCUT2D eigenvalue weighted by Gasteiger charge is 2.28. The van der Waals surface area contributed by atoms with Crippen LogP contribution in [0.25, 0.3) is 11.1 Å². The second-order valence-electron chi connectivity index (χ2n) is 7.87. The molecule has 2 aromatic rings. The van der Waals surface area contributed by atoms with Gasteiger partial charge in [-0.1, -0.05) is 48.5 Å². The summed E-state index contributed by atoms with van der Waals surface area (Å²) in [6, 6.07) is 16.3. The third kappa shape index (κ3) is 7.03. The molecule has 0 spiro atoms. The summed E-state index contributed by atoms with van der Waals surface area (Å²) in [5, 5.41) is 11.3. The Balaban J connectivity index is 1.25. The molecule has 2 N–H and O–H groups in total. The van der Waals surface area contributed by atoms with E-state index in [1.807, 2.05) is 24.3 Å². The zero-order chi connectivity index (χ0) is 24.3. The van der Waals surface area contributed by atoms with Crippen molar-refractivity contribution >= 4 is 18.0 Å². The molecule has 182 valence electrons. The Morgan fingerprint density at radius 2 is 1.50 bits per heavy atom. The van der Waals surface area contributed by atoms with Gasteiger partial charge in [-0.25, -0.2) is 4.79 Å². The fraction of sp³-hybridized carbons (Fsp3) is 0.400. The Kier molecular flexibility index (Phi) is 9.42. The number of nitrogens with one attached hydrogen (secondary N) is 1. The van der Waals surface area contributed by atoms with Crippen molar-refractivity contribution in [3.63, 3.8) is 0 Å². The lowest BCUT2D eigenvalue weighted by Gasteiger charge is -2.15. The maximum Gasteiger partial charge on any atom is 0.407 e. The number of fused-ring (bicyclic) bond motifs is 3. The van der Waals surface area contributed by atoms with Crippen LogP contribution in [0.2, 0.25) is 0 Å². The molecule has 0 atom stereocenters. The summed E-state index contributed by atoms with van der Waals surface area (Å²) in [6.45, 7) is 1.31. The number of likely N-dealkylation sites (N-methyl/N-ethyl adjacent to an activating group) is 1. The third-order valence-electron chi connectivity index (χ3n) is 5.49. The lowest BCUT2D eigenvalue weighted by molar-refractivity contribution is -0.143. The number of alkyl carbamates (subject to hydrolysis) is 1. The van der Waals surface area contributed by atoms with Crippen LogP contribution in [0.4, 0.5) is 4.79 Å². The van der Waals surface area contributed by atoms with Crippen LogP contribution < -0.4 is 5.32 Å². The molecule has 0 unspecified atom stereocenters. The van der Waals surface area contributed by atoms with Gasteiger partial charge in [-0.15, -0.1) is 0 Å². The number of ether oxygens (including phenoxy) is 3. The predicted molar refractivity (Wildman–Crippen MR) is 125 cm³/mol. The predicted octanol–water partition coefficient (Wildman–Crippen LogP) is 2.49. The van der Waals surface area contributed by atoms with Crippen molar-refractivity contribution in [1.29, 1.82) is 0 Å². The summed E-state index contributed by atoms with van der Waals surface area (Å²) in [4.78, 5) is 35.5. The van der Waals surface area contributed by atoms with E-state index in [0.29, 0.717) is 26.4 Å². The Labute approximate surface area is 198 Å². The highest BCUT2D eigenvalue weighted by atomic mass is 16.6. The fourth-order valence-electron chi connectivity index (χ4n) is 3.84. The van der Waals surface area contributed by atoms with Crippen LogP contribution in [0, 0.1) is 0 Å². The van der Waals surface area contributed by atoms with Gasteiger partial charge in [-0.2, -0.15) is 0 Å². The average Bonchev–Trinajstić information content (AvgIpc) is 3.14. The van der Waals surface area contributed by atoms with Gasteiger partial charge in [0.2, 0.25) is 5.91 Å². The van der Waals surface area contributed by atoms with E-state index in [1.165, 1.54) is 18.2 Å². The molecule has 0 aliphatic heterocycles. The standard InChI is InChI=1S/C25H30N2O7/c1-27(16-24(29)30)23(28)10-12-32-14-15-33-13-11-26-25(31)34-17-22-20-8-4-2-6-18(20)19-7-3-5-9-21(19)22/h2-9,22H,10-17H2,1H3,(H,26,31)(H,29,30). The zero-order valence-corrected chi connectivity index (χ0v) is 19.2. The number of aliphatic carboxylic acids is 1. The van der Waals surface area contributed by atoms with Gasteiger partial charge in [0.05, 0.1) is 32.8 Å². The summed E-state index contributed by atoms with van der Waals surface area (Å²) in [5.41, 5.74) is 4.68. The number of hydrogen-bond acceptors (Lipinski definition) is 6. The summed E-state index contributed by atoms with van der Waals surface area (Å²) in [6.07, 6.45) is -0.390. The number of hydrogen-bond donors (Lipinski definition) is 2. The number of amides is 2. The van der Waals surface area contributed by atoms with Gasteiger partial charge in [-0.05, 0) is 22.3 Å². The van der Waals surface area contributed by atoms with E-state index in [4.69, 9.17) is 19.3 Å². The largest absolute Gasteiger partial charge is 0.480 e. The van der Waals surface area contributed by atoms with E-state index in [-0.39, 0.29) is 38.0 Å². The fourth-order valence-corrected chi connectivity index (χ4v) is 3.84. The van der Waals surface area contributed by atoms with Crippen LogP contribution in [0.15, 0.2) is 48.5 Å². The van der Waals surface area contributed by atoms with Crippen LogP contribution in [-0.2, 0) is 23.8 Å². The highest BCUT2D eigenvalue weighted by Crippen LogP contribution is 2.44. The van der Waals surface area contributed by atoms with Crippen molar-refractivity contribution in [2.45, 2.75) is 12.3 Å². The first-order valence-corrected chi connectivity index (χ1v) is 11.2. The SMILES string of the molecule is CN(CC(=O)O)C(=O)CCOCCOCCNC(=O)OCC1c2ccccc2-c2ccccc21. The molecule has 0 saturated carbocycles. The monoisotopic (exact) mass is 470 g/mol. The van der Waals surface area contributed by atoms with Gasteiger partial charge < -0.3 is 29.5 Å². The number of benzene rings is 2. The van der Waals surface area contributed by atoms with E-state index < -0.39 is 12.1 Å². The van der Waals surface area contributed by atoms with E-state index in [2.05, 4.69) is 29.6 Å². The van der Waals surface area contributed by atoms with Crippen molar-refractivity contribution in [1.82, 2.24) is 10.2 Å². The first kappa shape index (κ1) is 25.2. The molecular formula is C25H30N2O7. The van der Waals surface area contributed by atoms with Crippen LogP contribution in [0.1, 0.15) is 23.5 Å². The Morgan fingerprint density at radius 3 is 2.12 bits per heavy atom. The molecule has 3 rings (SSSR count). The molecule has 2 amide bonds. The number of rotatable bonds is 13. The van der Waals surface area contributed by atoms with Crippen molar-refractivity contribution in [3.05, 3.63) is 59.7 Å². The minimum Gasteiger partial charge on any atom is -0.480 e. The van der Waals surface area contributed by atoms with Gasteiger partial charge in [-0.3, -0.25) is 9.59 Å². The van der Waals surface area contributed by atoms with Crippen molar-refractivity contribution < 1.29 is 33.7 Å². The van der Waals surface area contributed by atoms with E-state index >= 15 is 0 Å². The van der Waals surface area contributed by atoms with Crippen molar-refractivity contribution in [2.75, 3.05) is 53.2 Å². The second-order valence-corrected chi connectivity index (χ2v) is 7.87. The first-order chi connectivity index (χ1) is 16.5. The first-order valence-electron chi connectivity index (χ1n) is 11.2. The lowest BCUT2D eigenvalue weighted by Crippen LogP contribution is -2.32. The Hall–Kier alpha value is -3.43. The highest BCUT2D eigenvalue weighted by molar-refractivity contribution is 5.81. The van der Waals surface area contributed by atoms with E-state index in [0.717, 1.165) is 16.0 Å². The summed E-state index contributed by atoms with van der Waals surface area (Å²) in [7, 11) is 1.43. The molecular weight excluding hydrogens is 440 g/mol. The normalized spacial score (nSPS) is 12.0. The maximum atomic E-state index is 12.1. The summed E-state index contributed by atoms with van der Waals surface area (Å²) < 4.78 is 16.2. The van der Waals surface area contributed by atoms with Crippen LogP contribution in [-0.4, -0.2) is 81.1 Å². The average molecular weight is 471 g/mol. The number of nitrogens with zero attached hydrogens (tertiary/aromatic N) is 1. The molecule has 9 nitrogen and oxygen atoms in total.